The van der Waals surface area contributed by atoms with Gasteiger partial charge in [-0.15, -0.1) is 0 Å². The van der Waals surface area contributed by atoms with Gasteiger partial charge in [-0.1, -0.05) is 59.6 Å². The summed E-state index contributed by atoms with van der Waals surface area (Å²) < 4.78 is 10.8. The van der Waals surface area contributed by atoms with Crippen molar-refractivity contribution >= 4 is 36.1 Å². The van der Waals surface area contributed by atoms with Crippen LogP contribution in [0.4, 0.5) is 0 Å². The summed E-state index contributed by atoms with van der Waals surface area (Å²) in [6, 6.07) is 11.6. The van der Waals surface area contributed by atoms with Crippen molar-refractivity contribution in [1.82, 2.24) is 19.8 Å². The van der Waals surface area contributed by atoms with Crippen molar-refractivity contribution < 1.29 is 9.47 Å². The molecule has 0 spiro atoms. The van der Waals surface area contributed by atoms with Gasteiger partial charge in [0, 0.05) is 42.4 Å². The molecule has 0 atom stereocenters. The molecule has 39 heavy (non-hydrogen) atoms. The lowest BCUT2D eigenvalue weighted by atomic mass is 9.99. The van der Waals surface area contributed by atoms with Gasteiger partial charge in [-0.25, -0.2) is 9.98 Å². The third-order valence-electron chi connectivity index (χ3n) is 5.72. The van der Waals surface area contributed by atoms with Crippen LogP contribution in [0.3, 0.4) is 0 Å². The highest BCUT2D eigenvalue weighted by Gasteiger charge is 2.17. The van der Waals surface area contributed by atoms with Gasteiger partial charge >= 0.3 is 0 Å². The first-order valence-electron chi connectivity index (χ1n) is 12.2. The Balaban J connectivity index is 1.96. The molecular weight excluding hydrogens is 535 g/mol. The van der Waals surface area contributed by atoms with Crippen molar-refractivity contribution in [3.05, 3.63) is 75.5 Å². The quantitative estimate of drug-likeness (QED) is 0.200. The highest BCUT2D eigenvalue weighted by Crippen LogP contribution is 2.40. The highest BCUT2D eigenvalue weighted by molar-refractivity contribution is 6.38. The van der Waals surface area contributed by atoms with Gasteiger partial charge in [0.25, 0.3) is 0 Å². The van der Waals surface area contributed by atoms with E-state index in [0.29, 0.717) is 52.7 Å². The molecule has 0 saturated heterocycles. The minimum atomic E-state index is 0.387. The van der Waals surface area contributed by atoms with Crippen molar-refractivity contribution in [2.45, 2.75) is 13.0 Å². The van der Waals surface area contributed by atoms with Gasteiger partial charge in [0.2, 0.25) is 11.8 Å². The van der Waals surface area contributed by atoms with E-state index >= 15 is 0 Å². The Bertz CT molecular complexity index is 1370. The molecular formula is C29H34Cl2N6O2. The van der Waals surface area contributed by atoms with E-state index in [2.05, 4.69) is 26.7 Å². The Kier molecular flexibility index (Phi) is 11.0. The number of aromatic nitrogens is 2. The van der Waals surface area contributed by atoms with Crippen LogP contribution in [0, 0.1) is 0 Å². The zero-order valence-electron chi connectivity index (χ0n) is 23.2. The number of halogens is 2. The number of nitrogens with zero attached hydrogens (tertiary/aromatic N) is 6. The van der Waals surface area contributed by atoms with Gasteiger partial charge in [0.1, 0.15) is 11.4 Å². The van der Waals surface area contributed by atoms with Crippen LogP contribution in [-0.4, -0.2) is 81.7 Å². The number of hydrogen-bond acceptors (Lipinski definition) is 8. The molecule has 10 heteroatoms. The molecule has 0 amide bonds. The summed E-state index contributed by atoms with van der Waals surface area (Å²) in [5.41, 5.74) is 5.29. The van der Waals surface area contributed by atoms with Crippen molar-refractivity contribution in [3.63, 3.8) is 0 Å². The lowest BCUT2D eigenvalue weighted by Gasteiger charge is -2.15. The zero-order chi connectivity index (χ0) is 28.5. The van der Waals surface area contributed by atoms with Gasteiger partial charge in [-0.3, -0.25) is 9.98 Å². The monoisotopic (exact) mass is 568 g/mol. The molecule has 0 bridgehead atoms. The molecule has 3 rings (SSSR count). The number of ether oxygens (including phenoxy) is 2. The fourth-order valence-electron chi connectivity index (χ4n) is 3.97. The van der Waals surface area contributed by atoms with Crippen LogP contribution in [0.2, 0.25) is 10.0 Å². The summed E-state index contributed by atoms with van der Waals surface area (Å²) in [6.07, 6.45) is 4.01. The molecule has 0 fully saturated rings. The number of aliphatic imine (C=N–C) groups is 2. The normalized spacial score (nSPS) is 12.3. The largest absolute Gasteiger partial charge is 0.480 e. The number of hydrogen-bond donors (Lipinski definition) is 0. The van der Waals surface area contributed by atoms with E-state index in [-0.39, 0.29) is 0 Å². The van der Waals surface area contributed by atoms with Crippen LogP contribution in [0.1, 0.15) is 11.3 Å². The first kappa shape index (κ1) is 30.2. The SMILES string of the molecule is C=N/C(OC)=C(/CN(C)C)N=CCc1cccc(-c2cccc(-c3cnc(CN(C)C)c(OC)n3)c2Cl)c1Cl. The van der Waals surface area contributed by atoms with Crippen LogP contribution in [-0.2, 0) is 17.7 Å². The fraction of sp³-hybridized carbons (Fsp3) is 0.310. The molecule has 0 saturated carbocycles. The Morgan fingerprint density at radius 3 is 2.26 bits per heavy atom. The summed E-state index contributed by atoms with van der Waals surface area (Å²) in [4.78, 5) is 21.8. The first-order valence-corrected chi connectivity index (χ1v) is 13.0. The van der Waals surface area contributed by atoms with E-state index < -0.39 is 0 Å². The second kappa shape index (κ2) is 14.2. The maximum absolute atomic E-state index is 6.94. The smallest absolute Gasteiger partial charge is 0.237 e. The number of benzene rings is 2. The topological polar surface area (TPSA) is 75.4 Å². The van der Waals surface area contributed by atoms with Gasteiger partial charge in [-0.2, -0.15) is 0 Å². The fourth-order valence-corrected chi connectivity index (χ4v) is 4.60. The van der Waals surface area contributed by atoms with Gasteiger partial charge < -0.3 is 19.3 Å². The van der Waals surface area contributed by atoms with Crippen molar-refractivity contribution in [3.8, 4) is 28.3 Å². The van der Waals surface area contributed by atoms with E-state index in [1.165, 1.54) is 0 Å². The Labute approximate surface area is 240 Å². The summed E-state index contributed by atoms with van der Waals surface area (Å²) in [6.45, 7) is 4.74. The van der Waals surface area contributed by atoms with E-state index in [1.54, 1.807) is 26.6 Å². The van der Waals surface area contributed by atoms with E-state index in [9.17, 15) is 0 Å². The van der Waals surface area contributed by atoms with Gasteiger partial charge in [-0.05, 0) is 40.5 Å². The van der Waals surface area contributed by atoms with Gasteiger partial charge in [0.15, 0.2) is 0 Å². The molecule has 0 N–H and O–H groups in total. The molecule has 3 aromatic rings. The number of likely N-dealkylation sites (N-methyl/N-ethyl adjacent to an activating group) is 1. The maximum Gasteiger partial charge on any atom is 0.237 e. The van der Waals surface area contributed by atoms with Crippen LogP contribution >= 0.6 is 23.2 Å². The zero-order valence-corrected chi connectivity index (χ0v) is 24.7. The molecule has 0 aliphatic heterocycles. The summed E-state index contributed by atoms with van der Waals surface area (Å²) >= 11 is 13.8. The Hall–Kier alpha value is -3.30. The van der Waals surface area contributed by atoms with Crippen molar-refractivity contribution in [1.29, 1.82) is 0 Å². The van der Waals surface area contributed by atoms with Crippen molar-refractivity contribution in [2.75, 3.05) is 49.0 Å². The average molecular weight is 570 g/mol. The minimum absolute atomic E-state index is 0.387. The molecule has 0 aliphatic carbocycles. The van der Waals surface area contributed by atoms with Crippen molar-refractivity contribution in [2.24, 2.45) is 9.98 Å². The lowest BCUT2D eigenvalue weighted by Crippen LogP contribution is -2.16. The third kappa shape index (κ3) is 7.64. The Morgan fingerprint density at radius 2 is 1.64 bits per heavy atom. The molecule has 1 heterocycles. The van der Waals surface area contributed by atoms with E-state index in [0.717, 1.165) is 27.9 Å². The summed E-state index contributed by atoms with van der Waals surface area (Å²) in [5, 5.41) is 1.12. The van der Waals surface area contributed by atoms with E-state index in [1.807, 2.05) is 74.4 Å². The summed E-state index contributed by atoms with van der Waals surface area (Å²) in [5.74, 6) is 0.853. The first-order chi connectivity index (χ1) is 18.7. The number of methoxy groups -OCH3 is 2. The maximum atomic E-state index is 6.94. The van der Waals surface area contributed by atoms with Crippen LogP contribution in [0.15, 0.2) is 64.2 Å². The number of rotatable bonds is 12. The van der Waals surface area contributed by atoms with Crippen LogP contribution in [0.25, 0.3) is 22.4 Å². The van der Waals surface area contributed by atoms with Crippen LogP contribution in [0.5, 0.6) is 5.88 Å². The second-order valence-electron chi connectivity index (χ2n) is 9.26. The summed E-state index contributed by atoms with van der Waals surface area (Å²) in [7, 11) is 11.0. The predicted octanol–water partition coefficient (Wildman–Crippen LogP) is 5.88. The third-order valence-corrected chi connectivity index (χ3v) is 6.58. The minimum Gasteiger partial charge on any atom is -0.480 e. The molecule has 206 valence electrons. The molecule has 0 aliphatic rings. The standard InChI is InChI=1S/C29H34Cl2N6O2/c1-32-28(38-6)24(17-36(2)3)33-15-14-19-10-8-11-20(26(19)30)21-12-9-13-22(27(21)31)23-16-34-25(18-37(4)5)29(35-23)39-7/h8-13,15-16H,1,14,17-18H2,2-7H3/b28-24+,33-15?. The van der Waals surface area contributed by atoms with Gasteiger partial charge in [0.05, 0.1) is 36.2 Å². The lowest BCUT2D eigenvalue weighted by molar-refractivity contribution is 0.278. The molecule has 1 aromatic heterocycles. The molecule has 8 nitrogen and oxygen atoms in total. The second-order valence-corrected chi connectivity index (χ2v) is 10.0. The highest BCUT2D eigenvalue weighted by atomic mass is 35.5. The average Bonchev–Trinajstić information content (AvgIpc) is 2.90. The van der Waals surface area contributed by atoms with E-state index in [4.69, 9.17) is 32.7 Å². The molecule has 2 aromatic carbocycles. The van der Waals surface area contributed by atoms with Crippen LogP contribution < -0.4 is 4.74 Å². The Morgan fingerprint density at radius 1 is 0.974 bits per heavy atom. The predicted molar refractivity (Wildman–Crippen MR) is 161 cm³/mol. The molecule has 0 unspecified atom stereocenters. The molecule has 0 radical (unpaired) electrons.